The van der Waals surface area contributed by atoms with Crippen LogP contribution in [-0.4, -0.2) is 15.5 Å². The number of hydrogen-bond acceptors (Lipinski definition) is 3. The molecule has 3 atom stereocenters. The molecule has 0 aliphatic heterocycles. The van der Waals surface area contributed by atoms with Gasteiger partial charge in [-0.2, -0.15) is 0 Å². The highest BCUT2D eigenvalue weighted by Gasteiger charge is 2.40. The second kappa shape index (κ2) is 8.03. The maximum atomic E-state index is 12.6. The Balaban J connectivity index is 1.27. The fourth-order valence-corrected chi connectivity index (χ4v) is 6.29. The first-order valence-corrected chi connectivity index (χ1v) is 11.9. The Labute approximate surface area is 182 Å². The second-order valence-corrected chi connectivity index (χ2v) is 9.94. The molecule has 2 bridgehead atoms. The zero-order chi connectivity index (χ0) is 20.7. The van der Waals surface area contributed by atoms with Crippen LogP contribution in [0.2, 0.25) is 0 Å². The Morgan fingerprint density at radius 3 is 2.77 bits per heavy atom. The first kappa shape index (κ1) is 19.6. The quantitative estimate of drug-likeness (QED) is 0.529. The van der Waals surface area contributed by atoms with Gasteiger partial charge in [0.1, 0.15) is 0 Å². The third-order valence-electron chi connectivity index (χ3n) is 7.12. The van der Waals surface area contributed by atoms with E-state index >= 15 is 0 Å². The van der Waals surface area contributed by atoms with Crippen molar-refractivity contribution in [3.05, 3.63) is 58.7 Å². The summed E-state index contributed by atoms with van der Waals surface area (Å²) in [7, 11) is 0. The molecule has 2 fully saturated rings. The van der Waals surface area contributed by atoms with Crippen LogP contribution >= 0.6 is 11.3 Å². The highest BCUT2D eigenvalue weighted by atomic mass is 32.1. The van der Waals surface area contributed by atoms with Gasteiger partial charge in [0.2, 0.25) is 5.91 Å². The van der Waals surface area contributed by atoms with Crippen LogP contribution in [0.5, 0.6) is 0 Å². The number of anilines is 1. The van der Waals surface area contributed by atoms with Gasteiger partial charge in [-0.1, -0.05) is 36.8 Å². The summed E-state index contributed by atoms with van der Waals surface area (Å²) in [6, 6.07) is 12.7. The number of carbonyl (C=O) groups is 1. The number of aromatic nitrogens is 2. The number of benzene rings is 1. The third-order valence-corrected chi connectivity index (χ3v) is 7.87. The molecule has 0 saturated heterocycles. The number of thiazole rings is 1. The number of fused-ring (bicyclic) bond motifs is 2. The molecule has 0 spiro atoms. The van der Waals surface area contributed by atoms with E-state index in [1.807, 2.05) is 6.07 Å². The molecule has 2 saturated carbocycles. The molecule has 5 rings (SSSR count). The minimum atomic E-state index is 0.128. The molecular formula is C25H29N3OS. The van der Waals surface area contributed by atoms with Gasteiger partial charge in [-0.05, 0) is 62.5 Å². The van der Waals surface area contributed by atoms with E-state index in [-0.39, 0.29) is 5.91 Å². The monoisotopic (exact) mass is 419 g/mol. The van der Waals surface area contributed by atoms with Crippen molar-refractivity contribution in [1.29, 1.82) is 0 Å². The zero-order valence-corrected chi connectivity index (χ0v) is 18.5. The van der Waals surface area contributed by atoms with E-state index in [0.29, 0.717) is 17.5 Å². The molecule has 2 aromatic heterocycles. The Morgan fingerprint density at radius 2 is 2.03 bits per heavy atom. The molecule has 5 heteroatoms. The van der Waals surface area contributed by atoms with E-state index < -0.39 is 0 Å². The number of hydrogen-bond donors (Lipinski definition) is 1. The van der Waals surface area contributed by atoms with Crippen LogP contribution < -0.4 is 5.32 Å². The Morgan fingerprint density at radius 1 is 1.20 bits per heavy atom. The summed E-state index contributed by atoms with van der Waals surface area (Å²) in [4.78, 5) is 17.3. The molecule has 1 amide bonds. The van der Waals surface area contributed by atoms with Crippen molar-refractivity contribution in [2.45, 2.75) is 52.5 Å². The van der Waals surface area contributed by atoms with Gasteiger partial charge in [0.15, 0.2) is 5.13 Å². The van der Waals surface area contributed by atoms with E-state index in [0.717, 1.165) is 29.6 Å². The van der Waals surface area contributed by atoms with Gasteiger partial charge in [0.25, 0.3) is 0 Å². The average molecular weight is 420 g/mol. The predicted molar refractivity (Wildman–Crippen MR) is 123 cm³/mol. The Kier molecular flexibility index (Phi) is 5.23. The van der Waals surface area contributed by atoms with E-state index in [1.165, 1.54) is 54.0 Å². The molecular weight excluding hydrogens is 390 g/mol. The lowest BCUT2D eigenvalue weighted by molar-refractivity contribution is -0.117. The van der Waals surface area contributed by atoms with Crippen LogP contribution in [-0.2, 0) is 11.3 Å². The maximum absolute atomic E-state index is 12.6. The van der Waals surface area contributed by atoms with Crippen molar-refractivity contribution in [3.8, 4) is 11.3 Å². The normalized spacial score (nSPS) is 22.5. The molecule has 2 heterocycles. The van der Waals surface area contributed by atoms with Crippen LogP contribution in [0.4, 0.5) is 5.13 Å². The minimum absolute atomic E-state index is 0.128. The Bertz CT molecular complexity index is 1050. The molecule has 0 radical (unpaired) electrons. The average Bonchev–Trinajstić information content (AvgIpc) is 3.51. The summed E-state index contributed by atoms with van der Waals surface area (Å²) in [5.74, 6) is 2.37. The first-order chi connectivity index (χ1) is 14.6. The van der Waals surface area contributed by atoms with Crippen LogP contribution in [0.3, 0.4) is 0 Å². The fraction of sp³-hybridized carbons (Fsp3) is 0.440. The van der Waals surface area contributed by atoms with Crippen molar-refractivity contribution in [2.24, 2.45) is 17.8 Å². The van der Waals surface area contributed by atoms with Crippen LogP contribution in [0.1, 0.15) is 49.1 Å². The van der Waals surface area contributed by atoms with Crippen molar-refractivity contribution in [2.75, 3.05) is 5.32 Å². The SMILES string of the molecule is Cc1cc(-c2csc(NC(=O)CC3CC4CCC3C4)n2)c(C)n1Cc1ccccc1. The van der Waals surface area contributed by atoms with Crippen LogP contribution in [0.25, 0.3) is 11.3 Å². The van der Waals surface area contributed by atoms with E-state index in [1.54, 1.807) is 0 Å². The number of amides is 1. The van der Waals surface area contributed by atoms with E-state index in [9.17, 15) is 4.79 Å². The number of carbonyl (C=O) groups excluding carboxylic acids is 1. The predicted octanol–water partition coefficient (Wildman–Crippen LogP) is 6.04. The highest BCUT2D eigenvalue weighted by molar-refractivity contribution is 7.14. The number of nitrogens with zero attached hydrogens (tertiary/aromatic N) is 2. The summed E-state index contributed by atoms with van der Waals surface area (Å²) in [6.07, 6.45) is 5.94. The molecule has 1 N–H and O–H groups in total. The smallest absolute Gasteiger partial charge is 0.226 e. The standard InChI is InChI=1S/C25H29N3OS/c1-16-10-22(17(2)28(16)14-18-6-4-3-5-7-18)23-15-30-25(26-23)27-24(29)13-21-12-19-8-9-20(21)11-19/h3-7,10,15,19-21H,8-9,11-14H2,1-2H3,(H,26,27,29). The van der Waals surface area contributed by atoms with Gasteiger partial charge in [0, 0.05) is 35.3 Å². The lowest BCUT2D eigenvalue weighted by Gasteiger charge is -2.20. The van der Waals surface area contributed by atoms with Crippen LogP contribution in [0.15, 0.2) is 41.8 Å². The lowest BCUT2D eigenvalue weighted by atomic mass is 9.86. The van der Waals surface area contributed by atoms with Gasteiger partial charge in [-0.25, -0.2) is 4.98 Å². The zero-order valence-electron chi connectivity index (χ0n) is 17.7. The summed E-state index contributed by atoms with van der Waals surface area (Å²) in [6.45, 7) is 5.15. The molecule has 156 valence electrons. The lowest BCUT2D eigenvalue weighted by Crippen LogP contribution is -2.20. The minimum Gasteiger partial charge on any atom is -0.344 e. The fourth-order valence-electron chi connectivity index (χ4n) is 5.56. The second-order valence-electron chi connectivity index (χ2n) is 9.08. The molecule has 1 aromatic carbocycles. The van der Waals surface area contributed by atoms with Crippen molar-refractivity contribution in [1.82, 2.24) is 9.55 Å². The molecule has 30 heavy (non-hydrogen) atoms. The first-order valence-electron chi connectivity index (χ1n) is 11.0. The van der Waals surface area contributed by atoms with Crippen LogP contribution in [0, 0.1) is 31.6 Å². The summed E-state index contributed by atoms with van der Waals surface area (Å²) in [5.41, 5.74) is 5.82. The summed E-state index contributed by atoms with van der Waals surface area (Å²) < 4.78 is 2.33. The van der Waals surface area contributed by atoms with Gasteiger partial charge >= 0.3 is 0 Å². The molecule has 2 aliphatic carbocycles. The third kappa shape index (κ3) is 3.83. The topological polar surface area (TPSA) is 46.9 Å². The van der Waals surface area contributed by atoms with Gasteiger partial charge in [-0.15, -0.1) is 11.3 Å². The number of aryl methyl sites for hydroxylation is 1. The Hall–Kier alpha value is -2.40. The maximum Gasteiger partial charge on any atom is 0.226 e. The number of nitrogens with one attached hydrogen (secondary N) is 1. The van der Waals surface area contributed by atoms with E-state index in [4.69, 9.17) is 4.98 Å². The van der Waals surface area contributed by atoms with Gasteiger partial charge < -0.3 is 9.88 Å². The van der Waals surface area contributed by atoms with Crippen molar-refractivity contribution < 1.29 is 4.79 Å². The molecule has 4 nitrogen and oxygen atoms in total. The highest BCUT2D eigenvalue weighted by Crippen LogP contribution is 2.49. The van der Waals surface area contributed by atoms with E-state index in [2.05, 4.69) is 59.4 Å². The molecule has 2 aliphatic rings. The largest absolute Gasteiger partial charge is 0.344 e. The van der Waals surface area contributed by atoms with Gasteiger partial charge in [-0.3, -0.25) is 4.79 Å². The molecule has 3 aromatic rings. The van der Waals surface area contributed by atoms with Crippen molar-refractivity contribution >= 4 is 22.4 Å². The van der Waals surface area contributed by atoms with Gasteiger partial charge in [0.05, 0.1) is 5.69 Å². The summed E-state index contributed by atoms with van der Waals surface area (Å²) in [5, 5.41) is 5.83. The van der Waals surface area contributed by atoms with Crippen molar-refractivity contribution in [3.63, 3.8) is 0 Å². The number of rotatable bonds is 6. The summed E-state index contributed by atoms with van der Waals surface area (Å²) >= 11 is 1.52. The molecule has 3 unspecified atom stereocenters.